The number of nitrogens with one attached hydrogen (secondary N) is 1. The molecular formula is C20H18ClFN2O3S. The van der Waals surface area contributed by atoms with Crippen LogP contribution in [0.4, 0.5) is 10.1 Å². The highest BCUT2D eigenvalue weighted by Gasteiger charge is 2.28. The minimum atomic E-state index is -0.735. The maximum absolute atomic E-state index is 15.2. The van der Waals surface area contributed by atoms with E-state index in [4.69, 9.17) is 21.1 Å². The SMILES string of the molecule is C=CCc1c(OC)cc(OC)c(F)c1C(=O)c1sc2cnc(Cl)cc2c1NC. The van der Waals surface area contributed by atoms with Crippen molar-refractivity contribution in [3.63, 3.8) is 0 Å². The van der Waals surface area contributed by atoms with Crippen molar-refractivity contribution in [1.29, 1.82) is 0 Å². The van der Waals surface area contributed by atoms with Crippen molar-refractivity contribution in [3.8, 4) is 11.5 Å². The van der Waals surface area contributed by atoms with Gasteiger partial charge in [-0.25, -0.2) is 9.37 Å². The molecule has 8 heteroatoms. The van der Waals surface area contributed by atoms with E-state index < -0.39 is 11.6 Å². The summed E-state index contributed by atoms with van der Waals surface area (Å²) in [4.78, 5) is 17.9. The molecule has 0 aliphatic heterocycles. The van der Waals surface area contributed by atoms with Crippen LogP contribution in [0.1, 0.15) is 20.8 Å². The summed E-state index contributed by atoms with van der Waals surface area (Å²) in [6.07, 6.45) is 3.44. The smallest absolute Gasteiger partial charge is 0.208 e. The minimum absolute atomic E-state index is 0.0650. The predicted octanol–water partition coefficient (Wildman–Crippen LogP) is 5.11. The molecule has 0 spiro atoms. The van der Waals surface area contributed by atoms with Crippen molar-refractivity contribution in [3.05, 3.63) is 58.0 Å². The number of allylic oxidation sites excluding steroid dienone is 1. The second-order valence-corrected chi connectivity index (χ2v) is 7.27. The molecule has 0 aliphatic rings. The van der Waals surface area contributed by atoms with E-state index >= 15 is 4.39 Å². The molecule has 5 nitrogen and oxygen atoms in total. The van der Waals surface area contributed by atoms with Gasteiger partial charge in [0.15, 0.2) is 11.6 Å². The highest BCUT2D eigenvalue weighted by molar-refractivity contribution is 7.21. The van der Waals surface area contributed by atoms with Gasteiger partial charge in [-0.2, -0.15) is 0 Å². The van der Waals surface area contributed by atoms with Crippen molar-refractivity contribution in [2.24, 2.45) is 0 Å². The molecule has 0 saturated heterocycles. The van der Waals surface area contributed by atoms with Crippen LogP contribution in [0.15, 0.2) is 31.0 Å². The lowest BCUT2D eigenvalue weighted by Gasteiger charge is -2.16. The number of fused-ring (bicyclic) bond motifs is 1. The van der Waals surface area contributed by atoms with Crippen molar-refractivity contribution in [2.45, 2.75) is 6.42 Å². The number of hydrogen-bond donors (Lipinski definition) is 1. The zero-order valence-corrected chi connectivity index (χ0v) is 17.1. The summed E-state index contributed by atoms with van der Waals surface area (Å²) in [6, 6.07) is 3.10. The molecule has 3 rings (SSSR count). The molecular weight excluding hydrogens is 403 g/mol. The maximum atomic E-state index is 15.2. The van der Waals surface area contributed by atoms with Gasteiger partial charge in [-0.15, -0.1) is 17.9 Å². The number of pyridine rings is 1. The third-order valence-electron chi connectivity index (χ3n) is 4.31. The molecule has 28 heavy (non-hydrogen) atoms. The number of carbonyl (C=O) groups excluding carboxylic acids is 1. The van der Waals surface area contributed by atoms with Gasteiger partial charge in [-0.05, 0) is 12.5 Å². The van der Waals surface area contributed by atoms with Gasteiger partial charge in [0.2, 0.25) is 5.78 Å². The second-order valence-electron chi connectivity index (χ2n) is 5.83. The number of aromatic nitrogens is 1. The number of nitrogens with zero attached hydrogens (tertiary/aromatic N) is 1. The van der Waals surface area contributed by atoms with Crippen LogP contribution < -0.4 is 14.8 Å². The Morgan fingerprint density at radius 2 is 2.07 bits per heavy atom. The fraction of sp³-hybridized carbons (Fsp3) is 0.200. The number of ketones is 1. The molecule has 1 aromatic carbocycles. The number of carbonyl (C=O) groups is 1. The molecule has 146 valence electrons. The lowest BCUT2D eigenvalue weighted by atomic mass is 9.97. The number of hydrogen-bond acceptors (Lipinski definition) is 6. The monoisotopic (exact) mass is 420 g/mol. The van der Waals surface area contributed by atoms with E-state index in [9.17, 15) is 4.79 Å². The average molecular weight is 421 g/mol. The van der Waals surface area contributed by atoms with E-state index in [-0.39, 0.29) is 17.7 Å². The number of methoxy groups -OCH3 is 2. The van der Waals surface area contributed by atoms with Crippen LogP contribution in [0.3, 0.4) is 0 Å². The highest BCUT2D eigenvalue weighted by Crippen LogP contribution is 2.41. The molecule has 0 amide bonds. The van der Waals surface area contributed by atoms with E-state index in [1.807, 2.05) is 0 Å². The van der Waals surface area contributed by atoms with Gasteiger partial charge < -0.3 is 14.8 Å². The van der Waals surface area contributed by atoms with Gasteiger partial charge in [0.25, 0.3) is 0 Å². The molecule has 3 aromatic rings. The van der Waals surface area contributed by atoms with E-state index in [0.717, 1.165) is 10.1 Å². The zero-order chi connectivity index (χ0) is 20.4. The lowest BCUT2D eigenvalue weighted by Crippen LogP contribution is -2.11. The van der Waals surface area contributed by atoms with Gasteiger partial charge in [0, 0.05) is 30.3 Å². The Labute approximate surface area is 170 Å². The molecule has 0 aliphatic carbocycles. The molecule has 0 radical (unpaired) electrons. The summed E-state index contributed by atoms with van der Waals surface area (Å²) >= 11 is 7.22. The number of benzene rings is 1. The number of rotatable bonds is 7. The third-order valence-corrected chi connectivity index (χ3v) is 5.66. The first-order valence-electron chi connectivity index (χ1n) is 8.31. The van der Waals surface area contributed by atoms with Crippen molar-refractivity contribution >= 4 is 44.5 Å². The average Bonchev–Trinajstić information content (AvgIpc) is 3.05. The predicted molar refractivity (Wildman–Crippen MR) is 111 cm³/mol. The normalized spacial score (nSPS) is 10.8. The summed E-state index contributed by atoms with van der Waals surface area (Å²) in [5.41, 5.74) is 0.884. The van der Waals surface area contributed by atoms with Crippen LogP contribution in [0, 0.1) is 5.82 Å². The van der Waals surface area contributed by atoms with E-state index in [0.29, 0.717) is 27.0 Å². The van der Waals surface area contributed by atoms with Gasteiger partial charge in [-0.1, -0.05) is 17.7 Å². The van der Waals surface area contributed by atoms with E-state index in [1.54, 1.807) is 25.4 Å². The van der Waals surface area contributed by atoms with Gasteiger partial charge in [-0.3, -0.25) is 4.79 Å². The minimum Gasteiger partial charge on any atom is -0.496 e. The van der Waals surface area contributed by atoms with Crippen molar-refractivity contribution in [1.82, 2.24) is 4.98 Å². The van der Waals surface area contributed by atoms with Crippen molar-refractivity contribution < 1.29 is 18.7 Å². The largest absolute Gasteiger partial charge is 0.496 e. The number of halogens is 2. The fourth-order valence-corrected chi connectivity index (χ4v) is 4.32. The first-order chi connectivity index (χ1) is 13.5. The summed E-state index contributed by atoms with van der Waals surface area (Å²) < 4.78 is 26.4. The highest BCUT2D eigenvalue weighted by atomic mass is 35.5. The standard InChI is InChI=1S/C20H18ClFN2O3S/c1-5-6-10-12(26-3)8-13(27-4)17(22)16(10)19(25)20-18(23-2)11-7-15(21)24-9-14(11)28-20/h5,7-9,23H,1,6H2,2-4H3. The summed E-state index contributed by atoms with van der Waals surface area (Å²) in [7, 11) is 4.49. The first-order valence-corrected chi connectivity index (χ1v) is 9.50. The lowest BCUT2D eigenvalue weighted by molar-refractivity contribution is 0.103. The second kappa shape index (κ2) is 8.16. The molecule has 0 bridgehead atoms. The van der Waals surface area contributed by atoms with Crippen molar-refractivity contribution in [2.75, 3.05) is 26.6 Å². The number of ether oxygens (including phenoxy) is 2. The fourth-order valence-electron chi connectivity index (χ4n) is 3.06. The van der Waals surface area contributed by atoms with E-state index in [1.165, 1.54) is 31.6 Å². The van der Waals surface area contributed by atoms with Crippen LogP contribution in [-0.2, 0) is 6.42 Å². The summed E-state index contributed by atoms with van der Waals surface area (Å²) in [6.45, 7) is 3.70. The Kier molecular flexibility index (Phi) is 5.86. The molecule has 0 fully saturated rings. The Hall–Kier alpha value is -2.64. The van der Waals surface area contributed by atoms with Crippen LogP contribution in [0.2, 0.25) is 5.15 Å². The first kappa shape index (κ1) is 20.1. The molecule has 2 aromatic heterocycles. The zero-order valence-electron chi connectivity index (χ0n) is 15.6. The Morgan fingerprint density at radius 3 is 2.68 bits per heavy atom. The molecule has 0 unspecified atom stereocenters. The summed E-state index contributed by atoms with van der Waals surface area (Å²) in [5.74, 6) is -0.919. The molecule has 0 atom stereocenters. The van der Waals surface area contributed by atoms with Gasteiger partial charge >= 0.3 is 0 Å². The quantitative estimate of drug-likeness (QED) is 0.327. The Morgan fingerprint density at radius 1 is 1.36 bits per heavy atom. The van der Waals surface area contributed by atoms with Crippen LogP contribution in [0.5, 0.6) is 11.5 Å². The van der Waals surface area contributed by atoms with Crippen LogP contribution >= 0.6 is 22.9 Å². The molecule has 0 saturated carbocycles. The number of thiophene rings is 1. The van der Waals surface area contributed by atoms with Crippen LogP contribution in [0.25, 0.3) is 10.1 Å². The Bertz CT molecular complexity index is 1080. The van der Waals surface area contributed by atoms with E-state index in [2.05, 4.69) is 16.9 Å². The Balaban J connectivity index is 2.30. The van der Waals surface area contributed by atoms with Crippen LogP contribution in [-0.4, -0.2) is 32.0 Å². The third kappa shape index (κ3) is 3.31. The molecule has 2 heterocycles. The van der Waals surface area contributed by atoms with Gasteiger partial charge in [0.1, 0.15) is 10.9 Å². The maximum Gasteiger partial charge on any atom is 0.208 e. The topological polar surface area (TPSA) is 60.5 Å². The number of anilines is 1. The summed E-state index contributed by atoms with van der Waals surface area (Å²) in [5, 5.41) is 4.08. The molecule has 1 N–H and O–H groups in total. The van der Waals surface area contributed by atoms with Gasteiger partial charge in [0.05, 0.1) is 35.0 Å².